The van der Waals surface area contributed by atoms with Gasteiger partial charge in [0.1, 0.15) is 17.3 Å². The molecule has 3 N–H and O–H groups in total. The number of rotatable bonds is 11. The average molecular weight is 483 g/mol. The van der Waals surface area contributed by atoms with Crippen molar-refractivity contribution in [2.24, 2.45) is 0 Å². The van der Waals surface area contributed by atoms with Gasteiger partial charge in [0.2, 0.25) is 0 Å². The maximum Gasteiger partial charge on any atom is 0.293 e. The number of anilines is 2. The summed E-state index contributed by atoms with van der Waals surface area (Å²) in [6.07, 6.45) is 7.43. The van der Waals surface area contributed by atoms with E-state index in [-0.39, 0.29) is 28.0 Å². The van der Waals surface area contributed by atoms with Gasteiger partial charge < -0.3 is 15.4 Å². The van der Waals surface area contributed by atoms with E-state index in [1.807, 2.05) is 0 Å². The second-order valence-corrected chi connectivity index (χ2v) is 10.7. The van der Waals surface area contributed by atoms with Gasteiger partial charge in [-0.1, -0.05) is 12.8 Å². The summed E-state index contributed by atoms with van der Waals surface area (Å²) in [5.41, 5.74) is 1.49. The molecule has 2 aromatic rings. The third-order valence-corrected chi connectivity index (χ3v) is 8.04. The second kappa shape index (κ2) is 10.1. The Balaban J connectivity index is 1.55. The number of halogens is 1. The minimum atomic E-state index is -4.08. The lowest BCUT2D eigenvalue weighted by Crippen LogP contribution is -2.47. The summed E-state index contributed by atoms with van der Waals surface area (Å²) >= 11 is 1.14. The van der Waals surface area contributed by atoms with Crippen LogP contribution in [0.25, 0.3) is 0 Å². The van der Waals surface area contributed by atoms with Gasteiger partial charge in [-0.25, -0.2) is 17.8 Å². The summed E-state index contributed by atoms with van der Waals surface area (Å²) in [5, 5.41) is 8.76. The summed E-state index contributed by atoms with van der Waals surface area (Å²) in [7, 11) is -4.08. The van der Waals surface area contributed by atoms with Crippen molar-refractivity contribution >= 4 is 38.7 Å². The molecule has 0 spiro atoms. The minimum Gasteiger partial charge on any atom is -0.467 e. The third kappa shape index (κ3) is 5.57. The fourth-order valence-electron chi connectivity index (χ4n) is 4.17. The van der Waals surface area contributed by atoms with Crippen LogP contribution in [-0.2, 0) is 19.6 Å². The van der Waals surface area contributed by atoms with E-state index in [2.05, 4.69) is 20.3 Å². The molecule has 1 aromatic heterocycles. The topological polar surface area (TPSA) is 109 Å². The van der Waals surface area contributed by atoms with Crippen molar-refractivity contribution in [2.75, 3.05) is 23.2 Å². The summed E-state index contributed by atoms with van der Waals surface area (Å²) in [6, 6.07) is 3.01. The number of thiazole rings is 1. The summed E-state index contributed by atoms with van der Waals surface area (Å²) in [6.45, 7) is 1.28. The Kier molecular flexibility index (Phi) is 7.27. The number of sulfonamides is 1. The molecule has 2 saturated carbocycles. The predicted octanol–water partition coefficient (Wildman–Crippen LogP) is 3.45. The van der Waals surface area contributed by atoms with Crippen LogP contribution in [0, 0.1) is 5.82 Å². The van der Waals surface area contributed by atoms with Crippen molar-refractivity contribution < 1.29 is 22.3 Å². The van der Waals surface area contributed by atoms with Crippen molar-refractivity contribution in [1.29, 1.82) is 0 Å². The molecular weight excluding hydrogens is 455 g/mol. The number of aromatic nitrogens is 1. The number of carbonyl (C=O) groups is 1. The van der Waals surface area contributed by atoms with E-state index in [1.54, 1.807) is 5.38 Å². The van der Waals surface area contributed by atoms with Crippen LogP contribution in [0.15, 0.2) is 28.6 Å². The Bertz CT molecular complexity index is 1030. The van der Waals surface area contributed by atoms with Gasteiger partial charge in [-0.3, -0.25) is 9.52 Å². The molecule has 11 heteroatoms. The maximum atomic E-state index is 15.0. The lowest BCUT2D eigenvalue weighted by Gasteiger charge is -2.34. The number of hydrogen-bond acceptors (Lipinski definition) is 8. The Hall–Kier alpha value is -2.24. The van der Waals surface area contributed by atoms with E-state index < -0.39 is 15.8 Å². The van der Waals surface area contributed by atoms with E-state index in [1.165, 1.54) is 18.3 Å². The lowest BCUT2D eigenvalue weighted by atomic mass is 9.89. The van der Waals surface area contributed by atoms with E-state index in [0.29, 0.717) is 25.3 Å². The second-order valence-electron chi connectivity index (χ2n) is 8.15. The van der Waals surface area contributed by atoms with Crippen LogP contribution in [0.5, 0.6) is 0 Å². The highest BCUT2D eigenvalue weighted by molar-refractivity contribution is 7.93. The molecule has 0 aliphatic heterocycles. The number of nitrogens with one attached hydrogen (secondary N) is 3. The van der Waals surface area contributed by atoms with Gasteiger partial charge in [0.25, 0.3) is 16.5 Å². The third-order valence-electron chi connectivity index (χ3n) is 5.87. The molecule has 2 atom stereocenters. The van der Waals surface area contributed by atoms with Gasteiger partial charge in [-0.15, -0.1) is 11.3 Å². The van der Waals surface area contributed by atoms with Crippen LogP contribution < -0.4 is 15.4 Å². The number of nitrogens with zero attached hydrogens (tertiary/aromatic N) is 1. The van der Waals surface area contributed by atoms with E-state index in [0.717, 1.165) is 55.4 Å². The van der Waals surface area contributed by atoms with Gasteiger partial charge in [0, 0.05) is 35.9 Å². The number of ether oxygens (including phenoxy) is 1. The van der Waals surface area contributed by atoms with Gasteiger partial charge in [0.15, 0.2) is 5.13 Å². The van der Waals surface area contributed by atoms with E-state index in [9.17, 15) is 13.2 Å². The first-order chi connectivity index (χ1) is 15.5. The molecule has 0 unspecified atom stereocenters. The van der Waals surface area contributed by atoms with Crippen LogP contribution in [0.4, 0.5) is 15.2 Å². The largest absolute Gasteiger partial charge is 0.467 e. The first kappa shape index (κ1) is 22.9. The lowest BCUT2D eigenvalue weighted by molar-refractivity contribution is -0.128. The Morgan fingerprint density at radius 3 is 2.66 bits per heavy atom. The molecule has 32 heavy (non-hydrogen) atoms. The highest BCUT2D eigenvalue weighted by atomic mass is 32.2. The molecule has 2 fully saturated rings. The van der Waals surface area contributed by atoms with Crippen LogP contribution in [0.3, 0.4) is 0 Å². The molecule has 4 rings (SSSR count). The average Bonchev–Trinajstić information content (AvgIpc) is 3.48. The summed E-state index contributed by atoms with van der Waals surface area (Å²) in [5.74, 6) is -0.566. The van der Waals surface area contributed by atoms with Crippen molar-refractivity contribution in [2.45, 2.75) is 61.4 Å². The smallest absolute Gasteiger partial charge is 0.293 e. The standard InChI is InChI=1S/C21H27FN4O4S2/c22-16-12-19(25-18-4-2-1-3-17(18)23-7-9-30-13-27)15(14-5-6-14)11-20(16)32(28,29)26-21-24-8-10-31-21/h8,10-14,17-18,23,25H,1-7,9H2,(H,24,26)/t17-,18-/m0/s1. The quantitative estimate of drug-likeness (QED) is 0.332. The Labute approximate surface area is 191 Å². The summed E-state index contributed by atoms with van der Waals surface area (Å²) in [4.78, 5) is 13.9. The van der Waals surface area contributed by atoms with Crippen molar-refractivity contribution in [3.8, 4) is 0 Å². The molecule has 0 bridgehead atoms. The van der Waals surface area contributed by atoms with Crippen LogP contribution >= 0.6 is 11.3 Å². The molecule has 174 valence electrons. The maximum absolute atomic E-state index is 15.0. The number of benzene rings is 1. The first-order valence-corrected chi connectivity index (χ1v) is 13.1. The zero-order chi connectivity index (χ0) is 22.6. The monoisotopic (exact) mass is 482 g/mol. The highest BCUT2D eigenvalue weighted by Crippen LogP contribution is 2.45. The number of hydrogen-bond donors (Lipinski definition) is 3. The zero-order valence-electron chi connectivity index (χ0n) is 17.6. The molecule has 0 amide bonds. The Morgan fingerprint density at radius 1 is 1.19 bits per heavy atom. The van der Waals surface area contributed by atoms with Gasteiger partial charge in [0.05, 0.1) is 0 Å². The van der Waals surface area contributed by atoms with Crippen molar-refractivity contribution in [1.82, 2.24) is 10.3 Å². The van der Waals surface area contributed by atoms with Crippen molar-refractivity contribution in [3.05, 3.63) is 35.1 Å². The predicted molar refractivity (Wildman–Crippen MR) is 121 cm³/mol. The molecule has 1 aromatic carbocycles. The minimum absolute atomic E-state index is 0.0767. The van der Waals surface area contributed by atoms with Crippen LogP contribution in [-0.4, -0.2) is 45.1 Å². The van der Waals surface area contributed by atoms with E-state index >= 15 is 4.39 Å². The van der Waals surface area contributed by atoms with Crippen molar-refractivity contribution in [3.63, 3.8) is 0 Å². The molecule has 8 nitrogen and oxygen atoms in total. The molecule has 0 saturated heterocycles. The van der Waals surface area contributed by atoms with Crippen LogP contribution in [0.1, 0.15) is 50.0 Å². The van der Waals surface area contributed by atoms with Crippen LogP contribution in [0.2, 0.25) is 0 Å². The molecular formula is C21H27FN4O4S2. The zero-order valence-corrected chi connectivity index (χ0v) is 19.2. The van der Waals surface area contributed by atoms with Gasteiger partial charge >= 0.3 is 0 Å². The van der Waals surface area contributed by atoms with Gasteiger partial charge in [-0.2, -0.15) is 0 Å². The fraction of sp³-hybridized carbons (Fsp3) is 0.524. The molecule has 0 radical (unpaired) electrons. The molecule has 1 heterocycles. The first-order valence-electron chi connectivity index (χ1n) is 10.8. The Morgan fingerprint density at radius 2 is 1.97 bits per heavy atom. The SMILES string of the molecule is O=COCCN[C@H]1CCCC[C@@H]1Nc1cc(F)c(S(=O)(=O)Nc2nccs2)cc1C1CC1. The fourth-order valence-corrected chi connectivity index (χ4v) is 6.06. The molecule has 2 aliphatic carbocycles. The highest BCUT2D eigenvalue weighted by Gasteiger charge is 2.32. The van der Waals surface area contributed by atoms with Gasteiger partial charge in [-0.05, 0) is 49.3 Å². The summed E-state index contributed by atoms with van der Waals surface area (Å²) < 4.78 is 47.7. The number of carbonyl (C=O) groups excluding carboxylic acids is 1. The van der Waals surface area contributed by atoms with E-state index in [4.69, 9.17) is 4.74 Å². The molecule has 2 aliphatic rings. The normalized spacial score (nSPS) is 21.2.